The maximum absolute atomic E-state index is 12.9. The van der Waals surface area contributed by atoms with Crippen LogP contribution < -0.4 is 15.4 Å². The quantitative estimate of drug-likeness (QED) is 0.707. The van der Waals surface area contributed by atoms with Crippen LogP contribution in [0.3, 0.4) is 0 Å². The van der Waals surface area contributed by atoms with Crippen LogP contribution in [0.2, 0.25) is 0 Å². The second kappa shape index (κ2) is 6.84. The van der Waals surface area contributed by atoms with Gasteiger partial charge in [-0.05, 0) is 55.5 Å². The highest BCUT2D eigenvalue weighted by molar-refractivity contribution is 6.11. The number of nitrogen functional groups attached to an aromatic ring is 1. The van der Waals surface area contributed by atoms with Gasteiger partial charge >= 0.3 is 0 Å². The van der Waals surface area contributed by atoms with Gasteiger partial charge in [-0.25, -0.2) is 0 Å². The maximum Gasteiger partial charge on any atom is 0.279 e. The number of hydrogen-bond acceptors (Lipinski definition) is 5. The molecule has 0 spiro atoms. The minimum Gasteiger partial charge on any atom is -0.497 e. The summed E-state index contributed by atoms with van der Waals surface area (Å²) in [5, 5.41) is 4.16. The molecular formula is C21H20N4O3. The lowest BCUT2D eigenvalue weighted by Crippen LogP contribution is -2.47. The van der Waals surface area contributed by atoms with Crippen LogP contribution in [0, 0.1) is 0 Å². The van der Waals surface area contributed by atoms with E-state index in [4.69, 9.17) is 10.5 Å². The number of benzene rings is 2. The number of ether oxygens (including phenoxy) is 1. The fraction of sp³-hybridized carbons (Fsp3) is 0.190. The lowest BCUT2D eigenvalue weighted by Gasteiger charge is -2.34. The summed E-state index contributed by atoms with van der Waals surface area (Å²) in [5.41, 5.74) is 8.52. The predicted molar refractivity (Wildman–Crippen MR) is 106 cm³/mol. The number of nitrogens with two attached hydrogens (primary N) is 1. The first kappa shape index (κ1) is 17.8. The summed E-state index contributed by atoms with van der Waals surface area (Å²) >= 11 is 0. The number of hydrogen-bond donors (Lipinski definition) is 1. The third-order valence-electron chi connectivity index (χ3n) is 4.93. The fourth-order valence-electron chi connectivity index (χ4n) is 3.47. The van der Waals surface area contributed by atoms with Crippen molar-refractivity contribution in [2.75, 3.05) is 17.7 Å². The number of amides is 1. The van der Waals surface area contributed by atoms with Gasteiger partial charge < -0.3 is 15.4 Å². The van der Waals surface area contributed by atoms with Crippen LogP contribution in [-0.4, -0.2) is 34.6 Å². The highest BCUT2D eigenvalue weighted by atomic mass is 16.5. The number of methoxy groups -OCH3 is 1. The zero-order chi connectivity index (χ0) is 19.8. The number of carbonyl (C=O) groups is 2. The highest BCUT2D eigenvalue weighted by Crippen LogP contribution is 2.28. The summed E-state index contributed by atoms with van der Waals surface area (Å²) in [6.45, 7) is 2.51. The molecule has 1 aliphatic rings. The second-order valence-electron chi connectivity index (χ2n) is 6.76. The average molecular weight is 376 g/mol. The monoisotopic (exact) mass is 376 g/mol. The lowest BCUT2D eigenvalue weighted by atomic mass is 10.0. The Morgan fingerprint density at radius 3 is 2.32 bits per heavy atom. The van der Waals surface area contributed by atoms with E-state index in [1.54, 1.807) is 65.2 Å². The van der Waals surface area contributed by atoms with Gasteiger partial charge in [0.25, 0.3) is 5.91 Å². The average Bonchev–Trinajstić information content (AvgIpc) is 3.08. The van der Waals surface area contributed by atoms with Crippen molar-refractivity contribution in [1.82, 2.24) is 9.78 Å². The van der Waals surface area contributed by atoms with Crippen molar-refractivity contribution >= 4 is 23.1 Å². The molecule has 4 rings (SSSR count). The standard InChI is InChI=1S/C21H20N4O3/c1-13-12-24-19(18(22)11-23-24)21(27)25(13)16-7-3-14(4-8-16)20(26)15-5-9-17(28-2)10-6-15/h3-11,13H,12,22H2,1-2H3/t13-/m0/s1. The van der Waals surface area contributed by atoms with E-state index >= 15 is 0 Å². The molecule has 1 amide bonds. The molecule has 0 unspecified atom stereocenters. The Hall–Kier alpha value is -3.61. The number of carbonyl (C=O) groups excluding carboxylic acids is 2. The summed E-state index contributed by atoms with van der Waals surface area (Å²) in [6.07, 6.45) is 1.50. The summed E-state index contributed by atoms with van der Waals surface area (Å²) in [5.74, 6) is 0.417. The molecule has 142 valence electrons. The molecule has 1 atom stereocenters. The van der Waals surface area contributed by atoms with E-state index in [9.17, 15) is 9.59 Å². The van der Waals surface area contributed by atoms with E-state index < -0.39 is 0 Å². The highest BCUT2D eigenvalue weighted by Gasteiger charge is 2.33. The van der Waals surface area contributed by atoms with E-state index in [1.165, 1.54) is 6.20 Å². The van der Waals surface area contributed by atoms with Crippen LogP contribution in [0.1, 0.15) is 33.3 Å². The van der Waals surface area contributed by atoms with Crippen LogP contribution in [0.15, 0.2) is 54.7 Å². The lowest BCUT2D eigenvalue weighted by molar-refractivity contribution is 0.0947. The van der Waals surface area contributed by atoms with Gasteiger partial charge in [0.1, 0.15) is 11.4 Å². The molecule has 7 heteroatoms. The summed E-state index contributed by atoms with van der Waals surface area (Å²) in [4.78, 5) is 27.3. The van der Waals surface area contributed by atoms with Gasteiger partial charge in [-0.3, -0.25) is 14.3 Å². The summed E-state index contributed by atoms with van der Waals surface area (Å²) in [6, 6.07) is 13.9. The first-order chi connectivity index (χ1) is 13.5. The van der Waals surface area contributed by atoms with E-state index in [0.717, 1.165) is 5.69 Å². The molecule has 0 radical (unpaired) electrons. The van der Waals surface area contributed by atoms with Gasteiger partial charge in [-0.15, -0.1) is 0 Å². The van der Waals surface area contributed by atoms with Crippen LogP contribution in [0.5, 0.6) is 5.75 Å². The molecule has 0 saturated heterocycles. The van der Waals surface area contributed by atoms with Crippen molar-refractivity contribution < 1.29 is 14.3 Å². The first-order valence-corrected chi connectivity index (χ1v) is 8.93. The fourth-order valence-corrected chi connectivity index (χ4v) is 3.47. The van der Waals surface area contributed by atoms with Crippen molar-refractivity contribution in [3.63, 3.8) is 0 Å². The van der Waals surface area contributed by atoms with Crippen molar-refractivity contribution in [1.29, 1.82) is 0 Å². The van der Waals surface area contributed by atoms with E-state index in [-0.39, 0.29) is 17.7 Å². The topological polar surface area (TPSA) is 90.4 Å². The Bertz CT molecular complexity index is 1040. The Kier molecular flexibility index (Phi) is 4.35. The van der Waals surface area contributed by atoms with E-state index in [1.807, 2.05) is 6.92 Å². The summed E-state index contributed by atoms with van der Waals surface area (Å²) in [7, 11) is 1.58. The zero-order valence-corrected chi connectivity index (χ0v) is 15.6. The SMILES string of the molecule is COc1ccc(C(=O)c2ccc(N3C(=O)c4c(N)cnn4C[C@@H]3C)cc2)cc1. The smallest absolute Gasteiger partial charge is 0.279 e. The van der Waals surface area contributed by atoms with Crippen LogP contribution >= 0.6 is 0 Å². The Balaban J connectivity index is 1.60. The Labute approximate surface area is 162 Å². The van der Waals surface area contributed by atoms with Crippen LogP contribution in [0.25, 0.3) is 0 Å². The number of aromatic nitrogens is 2. The van der Waals surface area contributed by atoms with Crippen molar-refractivity contribution in [3.8, 4) is 5.75 Å². The molecule has 1 aliphatic heterocycles. The molecule has 2 heterocycles. The molecule has 0 fully saturated rings. The minimum atomic E-state index is -0.192. The first-order valence-electron chi connectivity index (χ1n) is 8.93. The maximum atomic E-state index is 12.9. The number of fused-ring (bicyclic) bond motifs is 1. The van der Waals surface area contributed by atoms with Crippen LogP contribution in [0.4, 0.5) is 11.4 Å². The molecule has 0 aliphatic carbocycles. The summed E-state index contributed by atoms with van der Waals surface area (Å²) < 4.78 is 6.76. The molecule has 28 heavy (non-hydrogen) atoms. The van der Waals surface area contributed by atoms with Gasteiger partial charge in [0, 0.05) is 16.8 Å². The Morgan fingerprint density at radius 1 is 1.11 bits per heavy atom. The number of anilines is 2. The molecule has 1 aromatic heterocycles. The van der Waals surface area contributed by atoms with Crippen molar-refractivity contribution in [2.24, 2.45) is 0 Å². The van der Waals surface area contributed by atoms with Gasteiger partial charge in [0.15, 0.2) is 5.78 Å². The van der Waals surface area contributed by atoms with Crippen LogP contribution in [-0.2, 0) is 6.54 Å². The van der Waals surface area contributed by atoms with Gasteiger partial charge in [-0.2, -0.15) is 5.10 Å². The van der Waals surface area contributed by atoms with Crippen molar-refractivity contribution in [3.05, 3.63) is 71.5 Å². The van der Waals surface area contributed by atoms with Gasteiger partial charge in [0.2, 0.25) is 0 Å². The van der Waals surface area contributed by atoms with Crippen molar-refractivity contribution in [2.45, 2.75) is 19.5 Å². The third kappa shape index (κ3) is 2.90. The molecule has 3 aromatic rings. The molecule has 7 nitrogen and oxygen atoms in total. The predicted octanol–water partition coefficient (Wildman–Crippen LogP) is 2.75. The van der Waals surface area contributed by atoms with E-state index in [0.29, 0.717) is 34.8 Å². The Morgan fingerprint density at radius 2 is 1.71 bits per heavy atom. The molecular weight excluding hydrogens is 356 g/mol. The zero-order valence-electron chi connectivity index (χ0n) is 15.6. The number of nitrogens with zero attached hydrogens (tertiary/aromatic N) is 3. The van der Waals surface area contributed by atoms with Gasteiger partial charge in [0.05, 0.1) is 31.6 Å². The molecule has 2 aromatic carbocycles. The molecule has 0 saturated carbocycles. The second-order valence-corrected chi connectivity index (χ2v) is 6.76. The normalized spacial score (nSPS) is 16.0. The third-order valence-corrected chi connectivity index (χ3v) is 4.93. The molecule has 0 bridgehead atoms. The van der Waals surface area contributed by atoms with Gasteiger partial charge in [-0.1, -0.05) is 0 Å². The number of rotatable bonds is 4. The number of ketones is 1. The largest absolute Gasteiger partial charge is 0.497 e. The van der Waals surface area contributed by atoms with E-state index in [2.05, 4.69) is 5.10 Å². The minimum absolute atomic E-state index is 0.0811. The molecule has 2 N–H and O–H groups in total.